The second kappa shape index (κ2) is 6.50. The molecule has 0 radical (unpaired) electrons. The predicted octanol–water partition coefficient (Wildman–Crippen LogP) is 1.84. The van der Waals surface area contributed by atoms with Crippen LogP contribution >= 0.6 is 0 Å². The minimum atomic E-state index is -4.99. The van der Waals surface area contributed by atoms with Gasteiger partial charge in [-0.15, -0.1) is 5.46 Å². The number of benzene rings is 1. The third-order valence-electron chi connectivity index (χ3n) is 3.34. The molecule has 0 aliphatic carbocycles. The van der Waals surface area contributed by atoms with E-state index in [9.17, 15) is 12.9 Å². The van der Waals surface area contributed by atoms with Gasteiger partial charge in [0.05, 0.1) is 6.61 Å². The fourth-order valence-corrected chi connectivity index (χ4v) is 2.17. The number of likely N-dealkylation sites (N-methyl/N-ethyl adjacent to an activating group) is 1. The van der Waals surface area contributed by atoms with Gasteiger partial charge >= 0.3 is 6.98 Å². The van der Waals surface area contributed by atoms with Gasteiger partial charge in [0.1, 0.15) is 18.5 Å². The van der Waals surface area contributed by atoms with Crippen LogP contribution in [0.4, 0.5) is 12.9 Å². The van der Waals surface area contributed by atoms with Crippen LogP contribution < -0.4 is 10.2 Å². The summed E-state index contributed by atoms with van der Waals surface area (Å²) in [6, 6.07) is 4.99. The summed E-state index contributed by atoms with van der Waals surface area (Å²) in [7, 11) is 0. The summed E-state index contributed by atoms with van der Waals surface area (Å²) in [6.07, 6.45) is -0.0937. The minimum Gasteiger partial charge on any atom is -0.491 e. The van der Waals surface area contributed by atoms with Crippen LogP contribution in [-0.2, 0) is 4.74 Å². The number of hydrogen-bond acceptors (Lipinski definition) is 3. The highest BCUT2D eigenvalue weighted by atomic mass is 19.4. The molecule has 1 saturated heterocycles. The van der Waals surface area contributed by atoms with Crippen LogP contribution in [0.15, 0.2) is 24.3 Å². The molecule has 1 aromatic rings. The molecule has 0 bridgehead atoms. The van der Waals surface area contributed by atoms with Crippen molar-refractivity contribution in [1.82, 2.24) is 4.90 Å². The molecule has 112 valence electrons. The first-order chi connectivity index (χ1) is 9.49. The maximum Gasteiger partial charge on any atom is 0.509 e. The van der Waals surface area contributed by atoms with Crippen LogP contribution in [0.1, 0.15) is 6.92 Å². The summed E-state index contributed by atoms with van der Waals surface area (Å²) in [5.41, 5.74) is -0.637. The predicted molar refractivity (Wildman–Crippen MR) is 72.5 cm³/mol. The Morgan fingerprint density at radius 3 is 2.90 bits per heavy atom. The van der Waals surface area contributed by atoms with E-state index < -0.39 is 12.4 Å². The molecule has 1 fully saturated rings. The summed E-state index contributed by atoms with van der Waals surface area (Å²) in [4.78, 5) is 2.23. The third-order valence-corrected chi connectivity index (χ3v) is 3.34. The molecule has 2 rings (SSSR count). The Bertz CT molecular complexity index is 442. The van der Waals surface area contributed by atoms with Crippen molar-refractivity contribution in [2.45, 2.75) is 13.0 Å². The van der Waals surface area contributed by atoms with E-state index in [4.69, 9.17) is 9.47 Å². The van der Waals surface area contributed by atoms with Crippen molar-refractivity contribution in [1.29, 1.82) is 0 Å². The van der Waals surface area contributed by atoms with Gasteiger partial charge in [-0.1, -0.05) is 19.1 Å². The second-order valence-corrected chi connectivity index (χ2v) is 4.84. The van der Waals surface area contributed by atoms with E-state index >= 15 is 0 Å². The van der Waals surface area contributed by atoms with E-state index in [1.807, 2.05) is 0 Å². The van der Waals surface area contributed by atoms with Crippen molar-refractivity contribution >= 4 is 12.4 Å². The molecule has 0 N–H and O–H groups in total. The van der Waals surface area contributed by atoms with Crippen molar-refractivity contribution in [2.24, 2.45) is 0 Å². The molecule has 1 aromatic carbocycles. The smallest absolute Gasteiger partial charge is 0.491 e. The highest BCUT2D eigenvalue weighted by Crippen LogP contribution is 2.15. The topological polar surface area (TPSA) is 21.7 Å². The summed E-state index contributed by atoms with van der Waals surface area (Å²) in [5, 5.41) is 0. The zero-order valence-corrected chi connectivity index (χ0v) is 11.4. The van der Waals surface area contributed by atoms with Crippen molar-refractivity contribution in [3.63, 3.8) is 0 Å². The maximum atomic E-state index is 12.6. The Morgan fingerprint density at radius 1 is 1.40 bits per heavy atom. The summed E-state index contributed by atoms with van der Waals surface area (Å²) >= 11 is 0. The Labute approximate surface area is 116 Å². The average Bonchev–Trinajstić information content (AvgIpc) is 2.45. The van der Waals surface area contributed by atoms with E-state index in [1.54, 1.807) is 0 Å². The van der Waals surface area contributed by atoms with Crippen LogP contribution in [0.2, 0.25) is 0 Å². The van der Waals surface area contributed by atoms with E-state index in [0.717, 1.165) is 31.8 Å². The minimum absolute atomic E-state index is 0.0937. The largest absolute Gasteiger partial charge is 0.509 e. The summed E-state index contributed by atoms with van der Waals surface area (Å²) < 4.78 is 48.9. The Hall–Kier alpha value is -1.21. The second-order valence-electron chi connectivity index (χ2n) is 4.84. The summed E-state index contributed by atoms with van der Waals surface area (Å²) in [6.45, 7) is 0.555. The third kappa shape index (κ3) is 4.14. The Morgan fingerprint density at radius 2 is 2.20 bits per heavy atom. The van der Waals surface area contributed by atoms with Gasteiger partial charge in [0, 0.05) is 13.1 Å². The standard InChI is InChI=1S/C13H18BF3NO2/c1-2-18-6-7-19-13(9-18)10-20-12-5-3-4-11(8-12)14(15,16)17/h3-5,8,13H,2,6-7,9-10H2,1H3/q-1. The van der Waals surface area contributed by atoms with Crippen LogP contribution in [0.5, 0.6) is 5.75 Å². The number of nitrogens with zero attached hydrogens (tertiary/aromatic N) is 1. The molecule has 1 aliphatic heterocycles. The van der Waals surface area contributed by atoms with Crippen LogP contribution in [0.25, 0.3) is 0 Å². The fraction of sp³-hybridized carbons (Fsp3) is 0.538. The normalized spacial score (nSPS) is 20.9. The molecule has 1 heterocycles. The summed E-state index contributed by atoms with van der Waals surface area (Å²) in [5.74, 6) is 0.235. The number of ether oxygens (including phenoxy) is 2. The molecule has 3 nitrogen and oxygen atoms in total. The lowest BCUT2D eigenvalue weighted by atomic mass is 9.80. The van der Waals surface area contributed by atoms with Gasteiger partial charge in [0.2, 0.25) is 0 Å². The van der Waals surface area contributed by atoms with Crippen molar-refractivity contribution in [3.05, 3.63) is 24.3 Å². The Kier molecular flexibility index (Phi) is 4.93. The molecule has 0 spiro atoms. The molecule has 0 amide bonds. The van der Waals surface area contributed by atoms with E-state index in [1.165, 1.54) is 12.1 Å². The average molecular weight is 288 g/mol. The molecule has 0 saturated carbocycles. The molecular formula is C13H18BF3NO2-. The van der Waals surface area contributed by atoms with Crippen molar-refractivity contribution < 1.29 is 22.4 Å². The Balaban J connectivity index is 1.91. The SMILES string of the molecule is CCN1CCOC(COc2cccc([B-](F)(F)F)c2)C1. The lowest BCUT2D eigenvalue weighted by molar-refractivity contribution is -0.0463. The molecular weight excluding hydrogens is 270 g/mol. The van der Waals surface area contributed by atoms with E-state index in [-0.39, 0.29) is 18.5 Å². The highest BCUT2D eigenvalue weighted by Gasteiger charge is 2.26. The quantitative estimate of drug-likeness (QED) is 0.772. The molecule has 1 atom stereocenters. The molecule has 1 aliphatic rings. The van der Waals surface area contributed by atoms with Crippen LogP contribution in [0.3, 0.4) is 0 Å². The van der Waals surface area contributed by atoms with Gasteiger partial charge in [-0.3, -0.25) is 4.90 Å². The first kappa shape index (κ1) is 15.2. The number of rotatable bonds is 5. The van der Waals surface area contributed by atoms with Gasteiger partial charge in [0.25, 0.3) is 0 Å². The van der Waals surface area contributed by atoms with E-state index in [2.05, 4.69) is 11.8 Å². The molecule has 7 heteroatoms. The monoisotopic (exact) mass is 288 g/mol. The lowest BCUT2D eigenvalue weighted by Crippen LogP contribution is -2.44. The van der Waals surface area contributed by atoms with Crippen molar-refractivity contribution in [2.75, 3.05) is 32.8 Å². The lowest BCUT2D eigenvalue weighted by Gasteiger charge is -2.31. The maximum absolute atomic E-state index is 12.6. The zero-order chi connectivity index (χ0) is 14.6. The van der Waals surface area contributed by atoms with Crippen LogP contribution in [0, 0.1) is 0 Å². The first-order valence-corrected chi connectivity index (χ1v) is 6.75. The number of halogens is 3. The van der Waals surface area contributed by atoms with Gasteiger partial charge in [-0.2, -0.15) is 0 Å². The first-order valence-electron chi connectivity index (χ1n) is 6.75. The number of morpholine rings is 1. The van der Waals surface area contributed by atoms with Gasteiger partial charge < -0.3 is 22.4 Å². The molecule has 0 aromatic heterocycles. The van der Waals surface area contributed by atoms with Crippen LogP contribution in [-0.4, -0.2) is 50.8 Å². The highest BCUT2D eigenvalue weighted by molar-refractivity contribution is 6.73. The van der Waals surface area contributed by atoms with Gasteiger partial charge in [-0.25, -0.2) is 0 Å². The molecule has 1 unspecified atom stereocenters. The van der Waals surface area contributed by atoms with Gasteiger partial charge in [-0.05, 0) is 18.7 Å². The van der Waals surface area contributed by atoms with E-state index in [0.29, 0.717) is 6.61 Å². The molecule has 20 heavy (non-hydrogen) atoms. The number of hydrogen-bond donors (Lipinski definition) is 0. The fourth-order valence-electron chi connectivity index (χ4n) is 2.17. The zero-order valence-electron chi connectivity index (χ0n) is 11.4. The van der Waals surface area contributed by atoms with Crippen molar-refractivity contribution in [3.8, 4) is 5.75 Å². The van der Waals surface area contributed by atoms with Gasteiger partial charge in [0.15, 0.2) is 0 Å².